The van der Waals surface area contributed by atoms with Gasteiger partial charge in [0.25, 0.3) is 0 Å². The second-order valence-corrected chi connectivity index (χ2v) is 6.65. The summed E-state index contributed by atoms with van der Waals surface area (Å²) in [4.78, 5) is 15.1. The maximum Gasteiger partial charge on any atom is 0.355 e. The fourth-order valence-electron chi connectivity index (χ4n) is 2.55. The molecule has 134 valence electrons. The number of rotatable bonds is 7. The number of aryl methyl sites for hydroxylation is 2. The molecule has 0 spiro atoms. The van der Waals surface area contributed by atoms with Gasteiger partial charge in [-0.2, -0.15) is 0 Å². The molecule has 0 aliphatic rings. The van der Waals surface area contributed by atoms with Crippen LogP contribution in [-0.2, 0) is 0 Å². The lowest BCUT2D eigenvalue weighted by molar-refractivity contribution is 0.0691. The van der Waals surface area contributed by atoms with Crippen LogP contribution >= 0.6 is 11.3 Å². The van der Waals surface area contributed by atoms with Crippen molar-refractivity contribution in [3.63, 3.8) is 0 Å². The van der Waals surface area contributed by atoms with Crippen LogP contribution in [-0.4, -0.2) is 29.3 Å². The zero-order chi connectivity index (χ0) is 18.5. The summed E-state index contributed by atoms with van der Waals surface area (Å²) in [7, 11) is 0. The van der Waals surface area contributed by atoms with E-state index in [1.807, 2.05) is 56.3 Å². The van der Waals surface area contributed by atoms with Crippen LogP contribution in [0.2, 0.25) is 0 Å². The molecule has 2 aromatic carbocycles. The minimum atomic E-state index is -1.02. The SMILES string of the molecule is Cc1cccc(C)c1OCCOc1cccc(-c2nc(C(=O)O)cs2)c1. The van der Waals surface area contributed by atoms with E-state index in [0.29, 0.717) is 24.0 Å². The second kappa shape index (κ2) is 8.01. The number of aromatic nitrogens is 1. The molecule has 0 unspecified atom stereocenters. The number of ether oxygens (including phenoxy) is 2. The number of carboxylic acid groups (broad SMARTS) is 1. The summed E-state index contributed by atoms with van der Waals surface area (Å²) in [6, 6.07) is 13.5. The monoisotopic (exact) mass is 369 g/mol. The maximum absolute atomic E-state index is 11.0. The fourth-order valence-corrected chi connectivity index (χ4v) is 3.34. The first kappa shape index (κ1) is 17.9. The van der Waals surface area contributed by atoms with Gasteiger partial charge < -0.3 is 14.6 Å². The van der Waals surface area contributed by atoms with E-state index in [9.17, 15) is 4.79 Å². The van der Waals surface area contributed by atoms with Gasteiger partial charge in [0.15, 0.2) is 5.69 Å². The predicted molar refractivity (Wildman–Crippen MR) is 101 cm³/mol. The number of aromatic carboxylic acids is 1. The molecule has 0 radical (unpaired) electrons. The van der Waals surface area contributed by atoms with Crippen molar-refractivity contribution in [3.05, 3.63) is 64.7 Å². The van der Waals surface area contributed by atoms with Crippen molar-refractivity contribution in [2.45, 2.75) is 13.8 Å². The Balaban J connectivity index is 1.59. The molecule has 0 aliphatic carbocycles. The van der Waals surface area contributed by atoms with Crippen LogP contribution in [0.1, 0.15) is 21.6 Å². The van der Waals surface area contributed by atoms with E-state index in [0.717, 1.165) is 22.4 Å². The highest BCUT2D eigenvalue weighted by molar-refractivity contribution is 7.13. The molecular weight excluding hydrogens is 350 g/mol. The van der Waals surface area contributed by atoms with Crippen molar-refractivity contribution in [2.24, 2.45) is 0 Å². The second-order valence-electron chi connectivity index (χ2n) is 5.79. The normalized spacial score (nSPS) is 10.5. The standard InChI is InChI=1S/C20H19NO4S/c1-13-5-3-6-14(2)18(13)25-10-9-24-16-8-4-7-15(11-16)19-21-17(12-26-19)20(22)23/h3-8,11-12H,9-10H2,1-2H3,(H,22,23). The fraction of sp³-hybridized carbons (Fsp3) is 0.200. The Hall–Kier alpha value is -2.86. The Labute approximate surface area is 155 Å². The van der Waals surface area contributed by atoms with Gasteiger partial charge in [0.1, 0.15) is 29.7 Å². The number of nitrogens with zero attached hydrogens (tertiary/aromatic N) is 1. The lowest BCUT2D eigenvalue weighted by Gasteiger charge is -2.12. The van der Waals surface area contributed by atoms with Gasteiger partial charge in [-0.3, -0.25) is 0 Å². The molecule has 3 rings (SSSR count). The third-order valence-electron chi connectivity index (χ3n) is 3.81. The molecule has 0 bridgehead atoms. The smallest absolute Gasteiger partial charge is 0.355 e. The number of para-hydroxylation sites is 1. The molecule has 0 amide bonds. The highest BCUT2D eigenvalue weighted by atomic mass is 32.1. The lowest BCUT2D eigenvalue weighted by Crippen LogP contribution is -2.10. The summed E-state index contributed by atoms with van der Waals surface area (Å²) < 4.78 is 11.6. The van der Waals surface area contributed by atoms with E-state index >= 15 is 0 Å². The third kappa shape index (κ3) is 4.21. The average Bonchev–Trinajstić information content (AvgIpc) is 3.11. The minimum Gasteiger partial charge on any atom is -0.490 e. The Morgan fingerprint density at radius 3 is 2.46 bits per heavy atom. The average molecular weight is 369 g/mol. The summed E-state index contributed by atoms with van der Waals surface area (Å²) in [5.74, 6) is 0.567. The van der Waals surface area contributed by atoms with Crippen molar-refractivity contribution >= 4 is 17.3 Å². The van der Waals surface area contributed by atoms with Crippen molar-refractivity contribution in [1.29, 1.82) is 0 Å². The van der Waals surface area contributed by atoms with Gasteiger partial charge in [0.05, 0.1) is 0 Å². The van der Waals surface area contributed by atoms with Crippen LogP contribution in [0.3, 0.4) is 0 Å². The number of benzene rings is 2. The largest absolute Gasteiger partial charge is 0.490 e. The third-order valence-corrected chi connectivity index (χ3v) is 4.70. The van der Waals surface area contributed by atoms with Crippen LogP contribution < -0.4 is 9.47 Å². The highest BCUT2D eigenvalue weighted by Gasteiger charge is 2.10. The van der Waals surface area contributed by atoms with Gasteiger partial charge in [-0.25, -0.2) is 9.78 Å². The summed E-state index contributed by atoms with van der Waals surface area (Å²) in [5.41, 5.74) is 3.09. The number of carbonyl (C=O) groups is 1. The minimum absolute atomic E-state index is 0.0540. The van der Waals surface area contributed by atoms with E-state index in [1.54, 1.807) is 0 Å². The van der Waals surface area contributed by atoms with Crippen LogP contribution in [0.5, 0.6) is 11.5 Å². The van der Waals surface area contributed by atoms with Crippen molar-refractivity contribution in [2.75, 3.05) is 13.2 Å². The molecule has 1 N–H and O–H groups in total. The first-order valence-corrected chi connectivity index (χ1v) is 9.03. The molecule has 26 heavy (non-hydrogen) atoms. The van der Waals surface area contributed by atoms with Gasteiger partial charge in [0.2, 0.25) is 0 Å². The predicted octanol–water partition coefficient (Wildman–Crippen LogP) is 4.58. The van der Waals surface area contributed by atoms with E-state index < -0.39 is 5.97 Å². The summed E-state index contributed by atoms with van der Waals surface area (Å²) in [6.07, 6.45) is 0. The van der Waals surface area contributed by atoms with Gasteiger partial charge >= 0.3 is 5.97 Å². The van der Waals surface area contributed by atoms with Gasteiger partial charge in [0, 0.05) is 10.9 Å². The van der Waals surface area contributed by atoms with Crippen LogP contribution in [0, 0.1) is 13.8 Å². The quantitative estimate of drug-likeness (QED) is 0.617. The summed E-state index contributed by atoms with van der Waals surface area (Å²) in [5, 5.41) is 11.2. The van der Waals surface area contributed by atoms with E-state index in [4.69, 9.17) is 14.6 Å². The summed E-state index contributed by atoms with van der Waals surface area (Å²) >= 11 is 1.30. The number of hydrogen-bond acceptors (Lipinski definition) is 5. The van der Waals surface area contributed by atoms with E-state index in [2.05, 4.69) is 4.98 Å². The van der Waals surface area contributed by atoms with Gasteiger partial charge in [-0.1, -0.05) is 30.3 Å². The maximum atomic E-state index is 11.0. The first-order chi connectivity index (χ1) is 12.5. The number of carboxylic acids is 1. The van der Waals surface area contributed by atoms with Crippen LogP contribution in [0.15, 0.2) is 47.8 Å². The molecule has 1 heterocycles. The molecule has 0 fully saturated rings. The van der Waals surface area contributed by atoms with Gasteiger partial charge in [-0.05, 0) is 37.1 Å². The Kier molecular flexibility index (Phi) is 5.53. The van der Waals surface area contributed by atoms with Crippen molar-refractivity contribution in [1.82, 2.24) is 4.98 Å². The zero-order valence-electron chi connectivity index (χ0n) is 14.6. The Morgan fingerprint density at radius 1 is 1.08 bits per heavy atom. The molecule has 6 heteroatoms. The molecule has 5 nitrogen and oxygen atoms in total. The number of hydrogen-bond donors (Lipinski definition) is 1. The topological polar surface area (TPSA) is 68.7 Å². The molecule has 3 aromatic rings. The first-order valence-electron chi connectivity index (χ1n) is 8.15. The van der Waals surface area contributed by atoms with Crippen LogP contribution in [0.25, 0.3) is 10.6 Å². The molecule has 0 atom stereocenters. The van der Waals surface area contributed by atoms with E-state index in [1.165, 1.54) is 16.7 Å². The van der Waals surface area contributed by atoms with Crippen molar-refractivity contribution < 1.29 is 19.4 Å². The Morgan fingerprint density at radius 2 is 1.77 bits per heavy atom. The highest BCUT2D eigenvalue weighted by Crippen LogP contribution is 2.27. The molecular formula is C20H19NO4S. The zero-order valence-corrected chi connectivity index (χ0v) is 15.4. The number of thiazole rings is 1. The van der Waals surface area contributed by atoms with Gasteiger partial charge in [-0.15, -0.1) is 11.3 Å². The molecule has 0 saturated heterocycles. The Bertz CT molecular complexity index is 899. The van der Waals surface area contributed by atoms with Crippen LogP contribution in [0.4, 0.5) is 0 Å². The van der Waals surface area contributed by atoms with E-state index in [-0.39, 0.29) is 5.69 Å². The lowest BCUT2D eigenvalue weighted by atomic mass is 10.1. The molecule has 1 aromatic heterocycles. The molecule has 0 saturated carbocycles. The summed E-state index contributed by atoms with van der Waals surface area (Å²) in [6.45, 7) is 4.89. The molecule has 0 aliphatic heterocycles. The van der Waals surface area contributed by atoms with Crippen molar-refractivity contribution in [3.8, 4) is 22.1 Å².